The van der Waals surface area contributed by atoms with E-state index in [1.54, 1.807) is 0 Å². The molecule has 3 N–H and O–H groups in total. The van der Waals surface area contributed by atoms with Crippen molar-refractivity contribution in [3.8, 4) is 0 Å². The van der Waals surface area contributed by atoms with Crippen molar-refractivity contribution in [2.45, 2.75) is 32.1 Å². The molecule has 1 heterocycles. The molecule has 0 bridgehead atoms. The number of thiol groups is 1. The largest absolute Gasteiger partial charge is 0.399 e. The Labute approximate surface area is 173 Å². The van der Waals surface area contributed by atoms with Gasteiger partial charge in [0, 0.05) is 35.6 Å². The number of aryl methyl sites for hydroxylation is 3. The number of nitrogens with two attached hydrogens (primary N) is 1. The van der Waals surface area contributed by atoms with Gasteiger partial charge in [-0.1, -0.05) is 36.9 Å². The van der Waals surface area contributed by atoms with E-state index in [0.717, 1.165) is 46.1 Å². The van der Waals surface area contributed by atoms with Crippen molar-refractivity contribution in [2.75, 3.05) is 12.3 Å². The second-order valence-corrected chi connectivity index (χ2v) is 7.35. The van der Waals surface area contributed by atoms with Gasteiger partial charge in [-0.05, 0) is 62.1 Å². The minimum absolute atomic E-state index is 0.856. The average molecular weight is 395 g/mol. The molecule has 1 aromatic heterocycles. The summed E-state index contributed by atoms with van der Waals surface area (Å²) in [5, 5.41) is 7.81. The number of benzene rings is 2. The molecule has 0 atom stereocenters. The number of para-hydroxylation sites is 1. The van der Waals surface area contributed by atoms with Crippen LogP contribution in [0, 0.1) is 20.8 Å². The van der Waals surface area contributed by atoms with Gasteiger partial charge < -0.3 is 11.1 Å². The van der Waals surface area contributed by atoms with Gasteiger partial charge in [-0.15, -0.1) is 12.6 Å². The van der Waals surface area contributed by atoms with Crippen LogP contribution in [-0.4, -0.2) is 16.3 Å². The minimum Gasteiger partial charge on any atom is -0.399 e. The zero-order valence-corrected chi connectivity index (χ0v) is 18.1. The lowest BCUT2D eigenvalue weighted by Gasteiger charge is -2.10. The van der Waals surface area contributed by atoms with Gasteiger partial charge in [0.2, 0.25) is 0 Å². The van der Waals surface area contributed by atoms with Crippen LogP contribution in [0.5, 0.6) is 0 Å². The summed E-state index contributed by atoms with van der Waals surface area (Å²) in [6.07, 6.45) is 0.954. The predicted molar refractivity (Wildman–Crippen MR) is 123 cm³/mol. The van der Waals surface area contributed by atoms with Gasteiger partial charge >= 0.3 is 0 Å². The van der Waals surface area contributed by atoms with E-state index in [0.29, 0.717) is 0 Å². The first-order valence-corrected chi connectivity index (χ1v) is 9.76. The molecule has 148 valence electrons. The van der Waals surface area contributed by atoms with Crippen LogP contribution in [-0.2, 0) is 13.5 Å². The average Bonchev–Trinajstić information content (AvgIpc) is 2.91. The number of nitrogens with zero attached hydrogens (tertiary/aromatic N) is 2. The Morgan fingerprint density at radius 3 is 2.25 bits per heavy atom. The van der Waals surface area contributed by atoms with Crippen LogP contribution in [0.25, 0.3) is 5.70 Å². The van der Waals surface area contributed by atoms with Crippen LogP contribution in [0.2, 0.25) is 0 Å². The van der Waals surface area contributed by atoms with E-state index in [1.807, 2.05) is 67.2 Å². The zero-order valence-electron chi connectivity index (χ0n) is 17.2. The van der Waals surface area contributed by atoms with Crippen molar-refractivity contribution in [3.63, 3.8) is 0 Å². The highest BCUT2D eigenvalue weighted by molar-refractivity contribution is 7.80. The van der Waals surface area contributed by atoms with Gasteiger partial charge in [0.05, 0.1) is 5.69 Å². The molecule has 0 radical (unpaired) electrons. The Morgan fingerprint density at radius 1 is 1.11 bits per heavy atom. The number of hydrogen-bond acceptors (Lipinski definition) is 4. The van der Waals surface area contributed by atoms with Crippen LogP contribution in [0.1, 0.15) is 28.1 Å². The summed E-state index contributed by atoms with van der Waals surface area (Å²) in [5.41, 5.74) is 13.2. The van der Waals surface area contributed by atoms with Crippen LogP contribution in [0.4, 0.5) is 5.69 Å². The lowest BCUT2D eigenvalue weighted by atomic mass is 10.1. The molecule has 0 aliphatic heterocycles. The second kappa shape index (κ2) is 10.0. The van der Waals surface area contributed by atoms with E-state index in [2.05, 4.69) is 43.5 Å². The molecular formula is C23H30N4S. The Bertz CT molecular complexity index is 905. The summed E-state index contributed by atoms with van der Waals surface area (Å²) in [6, 6.07) is 15.8. The maximum absolute atomic E-state index is 5.52. The topological polar surface area (TPSA) is 55.9 Å². The molecule has 3 aromatic rings. The van der Waals surface area contributed by atoms with Gasteiger partial charge in [0.15, 0.2) is 0 Å². The van der Waals surface area contributed by atoms with Gasteiger partial charge in [-0.25, -0.2) is 0 Å². The summed E-state index contributed by atoms with van der Waals surface area (Å²) >= 11 is 4.28. The standard InChI is InChI=1S/C16H21N3S.C7H9N/c1-11(14-5-7-15(20)8-6-14)17-10-9-16-12(2)18-19(4)13(16)3;1-6-4-2-3-5-7(6)8/h5-8,17,20H,1,9-10H2,2-4H3;2-5H,8H2,1H3. The lowest BCUT2D eigenvalue weighted by molar-refractivity contribution is 0.729. The van der Waals surface area contributed by atoms with Crippen LogP contribution >= 0.6 is 12.6 Å². The summed E-state index contributed by atoms with van der Waals surface area (Å²) in [6.45, 7) is 11.1. The zero-order chi connectivity index (χ0) is 20.7. The van der Waals surface area contributed by atoms with Crippen molar-refractivity contribution in [1.29, 1.82) is 0 Å². The van der Waals surface area contributed by atoms with E-state index < -0.39 is 0 Å². The summed E-state index contributed by atoms with van der Waals surface area (Å²) in [5.74, 6) is 0. The fourth-order valence-electron chi connectivity index (χ4n) is 2.87. The number of aromatic nitrogens is 2. The Kier molecular flexibility index (Phi) is 7.76. The fourth-order valence-corrected chi connectivity index (χ4v) is 3.02. The highest BCUT2D eigenvalue weighted by Gasteiger charge is 2.08. The van der Waals surface area contributed by atoms with E-state index in [4.69, 9.17) is 5.73 Å². The molecule has 0 unspecified atom stereocenters. The lowest BCUT2D eigenvalue weighted by Crippen LogP contribution is -2.15. The predicted octanol–water partition coefficient (Wildman–Crippen LogP) is 4.71. The first kappa shape index (κ1) is 21.6. The van der Waals surface area contributed by atoms with Gasteiger partial charge in [-0.3, -0.25) is 4.68 Å². The number of nitrogen functional groups attached to an aromatic ring is 1. The molecule has 0 saturated carbocycles. The Morgan fingerprint density at radius 2 is 1.75 bits per heavy atom. The molecule has 28 heavy (non-hydrogen) atoms. The van der Waals surface area contributed by atoms with Crippen LogP contribution in [0.3, 0.4) is 0 Å². The van der Waals surface area contributed by atoms with Gasteiger partial charge in [0.1, 0.15) is 0 Å². The third-order valence-corrected chi connectivity index (χ3v) is 5.07. The number of anilines is 1. The normalized spacial score (nSPS) is 10.2. The molecule has 5 heteroatoms. The SMILES string of the molecule is C=C(NCCc1c(C)nn(C)c1C)c1ccc(S)cc1.Cc1ccccc1N. The third-order valence-electron chi connectivity index (χ3n) is 4.78. The smallest absolute Gasteiger partial charge is 0.0629 e. The van der Waals surface area contributed by atoms with Gasteiger partial charge in [0.25, 0.3) is 0 Å². The van der Waals surface area contributed by atoms with Crippen molar-refractivity contribution < 1.29 is 0 Å². The van der Waals surface area contributed by atoms with E-state index in [-0.39, 0.29) is 0 Å². The fraction of sp³-hybridized carbons (Fsp3) is 0.261. The molecule has 0 saturated heterocycles. The van der Waals surface area contributed by atoms with Crippen molar-refractivity contribution in [1.82, 2.24) is 15.1 Å². The molecule has 0 amide bonds. The van der Waals surface area contributed by atoms with Crippen LogP contribution < -0.4 is 11.1 Å². The quantitative estimate of drug-likeness (QED) is 0.434. The molecule has 4 nitrogen and oxygen atoms in total. The number of nitrogens with one attached hydrogen (secondary N) is 1. The highest BCUT2D eigenvalue weighted by atomic mass is 32.1. The van der Waals surface area contributed by atoms with E-state index >= 15 is 0 Å². The Balaban J connectivity index is 0.000000292. The Hall–Kier alpha value is -2.66. The van der Waals surface area contributed by atoms with E-state index in [9.17, 15) is 0 Å². The van der Waals surface area contributed by atoms with Crippen LogP contribution in [0.15, 0.2) is 60.0 Å². The third kappa shape index (κ3) is 5.92. The molecule has 0 spiro atoms. The van der Waals surface area contributed by atoms with Crippen molar-refractivity contribution >= 4 is 24.0 Å². The van der Waals surface area contributed by atoms with E-state index in [1.165, 1.54) is 11.3 Å². The first-order valence-electron chi connectivity index (χ1n) is 9.32. The highest BCUT2D eigenvalue weighted by Crippen LogP contribution is 2.15. The molecule has 0 aliphatic rings. The molecule has 0 aliphatic carbocycles. The van der Waals surface area contributed by atoms with Crippen molar-refractivity contribution in [3.05, 3.63) is 83.2 Å². The van der Waals surface area contributed by atoms with Gasteiger partial charge in [-0.2, -0.15) is 5.10 Å². The second-order valence-electron chi connectivity index (χ2n) is 6.83. The number of rotatable bonds is 5. The minimum atomic E-state index is 0.856. The maximum Gasteiger partial charge on any atom is 0.0629 e. The summed E-state index contributed by atoms with van der Waals surface area (Å²) in [7, 11) is 1.98. The molecule has 3 rings (SSSR count). The molecule has 0 fully saturated rings. The summed E-state index contributed by atoms with van der Waals surface area (Å²) in [4.78, 5) is 0.961. The van der Waals surface area contributed by atoms with Crippen molar-refractivity contribution in [2.24, 2.45) is 7.05 Å². The molecule has 2 aromatic carbocycles. The first-order chi connectivity index (χ1) is 13.3. The maximum atomic E-state index is 5.52. The number of hydrogen-bond donors (Lipinski definition) is 3. The monoisotopic (exact) mass is 394 g/mol. The molecular weight excluding hydrogens is 364 g/mol. The summed E-state index contributed by atoms with van der Waals surface area (Å²) < 4.78 is 1.94.